The van der Waals surface area contributed by atoms with E-state index < -0.39 is 0 Å². The van der Waals surface area contributed by atoms with Gasteiger partial charge in [0, 0.05) is 46.9 Å². The molecule has 3 N–H and O–H groups in total. The minimum Gasteiger partial charge on any atom is -0.376 e. The third-order valence-corrected chi connectivity index (χ3v) is 4.90. The molecule has 132 valence electrons. The number of hydrogen-bond acceptors (Lipinski definition) is 2. The Labute approximate surface area is 151 Å². The van der Waals surface area contributed by atoms with Gasteiger partial charge in [0.15, 0.2) is 0 Å². The smallest absolute Gasteiger partial charge is 0.219 e. The lowest BCUT2D eigenvalue weighted by atomic mass is 9.98. The van der Waals surface area contributed by atoms with Crippen LogP contribution in [0.3, 0.4) is 0 Å². The monoisotopic (exact) mass is 349 g/mol. The van der Waals surface area contributed by atoms with Crippen LogP contribution in [-0.2, 0) is 4.79 Å². The van der Waals surface area contributed by atoms with Crippen molar-refractivity contribution in [3.05, 3.63) is 60.6 Å². The summed E-state index contributed by atoms with van der Waals surface area (Å²) in [5.74, 6) is -0.225. The molecule has 26 heavy (non-hydrogen) atoms. The lowest BCUT2D eigenvalue weighted by Gasteiger charge is -2.13. The number of rotatable bonds is 4. The van der Waals surface area contributed by atoms with Crippen molar-refractivity contribution >= 4 is 28.1 Å². The Kier molecular flexibility index (Phi) is 3.99. The molecule has 0 saturated heterocycles. The first kappa shape index (κ1) is 16.4. The standard InChI is InChI=1S/C21H20FN3O/c1-3-21(26)24-11-20-12(2)16-8-13(4-7-18(16)25-20)17-10-23-19-9-14(22)5-6-15(17)19/h4-10,20,23,25H,2-3,11H2,1H3,(H,24,26). The number of aromatic nitrogens is 1. The fraction of sp³-hybridized carbons (Fsp3) is 0.190. The summed E-state index contributed by atoms with van der Waals surface area (Å²) in [6, 6.07) is 10.9. The predicted octanol–water partition coefficient (Wildman–Crippen LogP) is 4.31. The number of benzene rings is 2. The predicted molar refractivity (Wildman–Crippen MR) is 103 cm³/mol. The normalized spacial score (nSPS) is 15.8. The molecule has 1 aliphatic heterocycles. The van der Waals surface area contributed by atoms with Crippen molar-refractivity contribution < 1.29 is 9.18 Å². The number of hydrogen-bond donors (Lipinski definition) is 3. The van der Waals surface area contributed by atoms with Crippen LogP contribution in [0.2, 0.25) is 0 Å². The maximum Gasteiger partial charge on any atom is 0.219 e. The number of anilines is 1. The van der Waals surface area contributed by atoms with Crippen LogP contribution in [0.25, 0.3) is 27.6 Å². The van der Waals surface area contributed by atoms with Crippen molar-refractivity contribution in [1.82, 2.24) is 10.3 Å². The zero-order chi connectivity index (χ0) is 18.3. The van der Waals surface area contributed by atoms with E-state index >= 15 is 0 Å². The second-order valence-corrected chi connectivity index (χ2v) is 6.53. The molecule has 0 radical (unpaired) electrons. The molecule has 1 aromatic heterocycles. The lowest BCUT2D eigenvalue weighted by Crippen LogP contribution is -2.34. The minimum absolute atomic E-state index is 0.00665. The summed E-state index contributed by atoms with van der Waals surface area (Å²) in [4.78, 5) is 14.6. The third-order valence-electron chi connectivity index (χ3n) is 4.90. The number of H-pyrrole nitrogens is 1. The number of carbonyl (C=O) groups is 1. The quantitative estimate of drug-likeness (QED) is 0.657. The summed E-state index contributed by atoms with van der Waals surface area (Å²) in [7, 11) is 0. The van der Waals surface area contributed by atoms with Crippen LogP contribution in [-0.4, -0.2) is 23.5 Å². The molecule has 1 unspecified atom stereocenters. The van der Waals surface area contributed by atoms with Gasteiger partial charge in [-0.2, -0.15) is 0 Å². The van der Waals surface area contributed by atoms with Gasteiger partial charge in [0.1, 0.15) is 5.82 Å². The first-order valence-corrected chi connectivity index (χ1v) is 8.70. The van der Waals surface area contributed by atoms with Gasteiger partial charge in [-0.1, -0.05) is 19.6 Å². The summed E-state index contributed by atoms with van der Waals surface area (Å²) < 4.78 is 13.4. The van der Waals surface area contributed by atoms with Crippen molar-refractivity contribution in [3.63, 3.8) is 0 Å². The Hall–Kier alpha value is -3.08. The van der Waals surface area contributed by atoms with Gasteiger partial charge in [-0.3, -0.25) is 4.79 Å². The third kappa shape index (κ3) is 2.75. The second kappa shape index (κ2) is 6.33. The van der Waals surface area contributed by atoms with E-state index in [0.717, 1.165) is 38.9 Å². The van der Waals surface area contributed by atoms with E-state index in [1.54, 1.807) is 6.07 Å². The van der Waals surface area contributed by atoms with Crippen LogP contribution in [0.4, 0.5) is 10.1 Å². The average Bonchev–Trinajstić information content (AvgIpc) is 3.20. The Morgan fingerprint density at radius 1 is 1.23 bits per heavy atom. The van der Waals surface area contributed by atoms with Gasteiger partial charge in [0.25, 0.3) is 0 Å². The number of aromatic amines is 1. The van der Waals surface area contributed by atoms with Crippen molar-refractivity contribution in [2.24, 2.45) is 0 Å². The highest BCUT2D eigenvalue weighted by Crippen LogP contribution is 2.38. The Bertz CT molecular complexity index is 1020. The van der Waals surface area contributed by atoms with E-state index in [4.69, 9.17) is 0 Å². The molecular formula is C21H20FN3O. The molecule has 5 heteroatoms. The molecule has 0 bridgehead atoms. The SMILES string of the molecule is C=C1c2cc(-c3c[nH]c4cc(F)ccc34)ccc2NC1CNC(=O)CC. The highest BCUT2D eigenvalue weighted by Gasteiger charge is 2.25. The molecule has 3 aromatic rings. The van der Waals surface area contributed by atoms with Crippen LogP contribution in [0.1, 0.15) is 18.9 Å². The Morgan fingerprint density at radius 3 is 2.88 bits per heavy atom. The summed E-state index contributed by atoms with van der Waals surface area (Å²) >= 11 is 0. The first-order valence-electron chi connectivity index (χ1n) is 8.70. The van der Waals surface area contributed by atoms with Gasteiger partial charge in [-0.25, -0.2) is 4.39 Å². The molecule has 0 aliphatic carbocycles. The molecule has 1 amide bonds. The second-order valence-electron chi connectivity index (χ2n) is 6.53. The molecule has 1 atom stereocenters. The number of carbonyl (C=O) groups excluding carboxylic acids is 1. The minimum atomic E-state index is -0.255. The number of halogens is 1. The molecule has 0 fully saturated rings. The fourth-order valence-electron chi connectivity index (χ4n) is 3.42. The van der Waals surface area contributed by atoms with E-state index in [1.165, 1.54) is 12.1 Å². The summed E-state index contributed by atoms with van der Waals surface area (Å²) in [6.45, 7) is 6.56. The largest absolute Gasteiger partial charge is 0.376 e. The summed E-state index contributed by atoms with van der Waals surface area (Å²) in [6.07, 6.45) is 2.37. The summed E-state index contributed by atoms with van der Waals surface area (Å²) in [5, 5.41) is 7.30. The molecule has 4 rings (SSSR count). The highest BCUT2D eigenvalue weighted by molar-refractivity contribution is 5.97. The molecule has 1 aliphatic rings. The molecule has 2 heterocycles. The van der Waals surface area contributed by atoms with E-state index in [2.05, 4.69) is 28.3 Å². The van der Waals surface area contributed by atoms with Crippen LogP contribution in [0.15, 0.2) is 49.2 Å². The Balaban J connectivity index is 1.64. The average molecular weight is 349 g/mol. The van der Waals surface area contributed by atoms with Crippen molar-refractivity contribution in [1.29, 1.82) is 0 Å². The maximum absolute atomic E-state index is 13.4. The van der Waals surface area contributed by atoms with Crippen LogP contribution in [0, 0.1) is 5.82 Å². The van der Waals surface area contributed by atoms with E-state index in [9.17, 15) is 9.18 Å². The number of nitrogens with one attached hydrogen (secondary N) is 3. The number of fused-ring (bicyclic) bond motifs is 2. The van der Waals surface area contributed by atoms with E-state index in [-0.39, 0.29) is 17.8 Å². The van der Waals surface area contributed by atoms with Crippen molar-refractivity contribution in [2.75, 3.05) is 11.9 Å². The van der Waals surface area contributed by atoms with Crippen molar-refractivity contribution in [3.8, 4) is 11.1 Å². The lowest BCUT2D eigenvalue weighted by molar-refractivity contribution is -0.120. The topological polar surface area (TPSA) is 56.9 Å². The van der Waals surface area contributed by atoms with E-state index in [0.29, 0.717) is 13.0 Å². The number of amides is 1. The highest BCUT2D eigenvalue weighted by atomic mass is 19.1. The molecule has 4 nitrogen and oxygen atoms in total. The van der Waals surface area contributed by atoms with Crippen LogP contribution in [0.5, 0.6) is 0 Å². The van der Waals surface area contributed by atoms with Gasteiger partial charge in [-0.05, 0) is 41.5 Å². The van der Waals surface area contributed by atoms with Gasteiger partial charge < -0.3 is 15.6 Å². The maximum atomic E-state index is 13.4. The van der Waals surface area contributed by atoms with Gasteiger partial charge in [-0.15, -0.1) is 0 Å². The van der Waals surface area contributed by atoms with Crippen LogP contribution < -0.4 is 10.6 Å². The van der Waals surface area contributed by atoms with E-state index in [1.807, 2.05) is 25.3 Å². The zero-order valence-corrected chi connectivity index (χ0v) is 14.5. The molecular weight excluding hydrogens is 329 g/mol. The molecule has 0 saturated carbocycles. The van der Waals surface area contributed by atoms with Gasteiger partial charge >= 0.3 is 0 Å². The zero-order valence-electron chi connectivity index (χ0n) is 14.5. The van der Waals surface area contributed by atoms with Crippen LogP contribution >= 0.6 is 0 Å². The fourth-order valence-corrected chi connectivity index (χ4v) is 3.42. The van der Waals surface area contributed by atoms with Gasteiger partial charge in [0.05, 0.1) is 6.04 Å². The Morgan fingerprint density at radius 2 is 2.08 bits per heavy atom. The molecule has 0 spiro atoms. The summed E-state index contributed by atoms with van der Waals surface area (Å²) in [5.41, 5.74) is 5.87. The van der Waals surface area contributed by atoms with Gasteiger partial charge in [0.2, 0.25) is 5.91 Å². The first-order chi connectivity index (χ1) is 12.6. The molecule has 2 aromatic carbocycles. The van der Waals surface area contributed by atoms with Crippen molar-refractivity contribution in [2.45, 2.75) is 19.4 Å².